The van der Waals surface area contributed by atoms with Gasteiger partial charge in [-0.15, -0.1) is 0 Å². The third-order valence-electron chi connectivity index (χ3n) is 10.2. The number of hydrogen-bond donors (Lipinski definition) is 1. The van der Waals surface area contributed by atoms with E-state index in [2.05, 4.69) is 18.0 Å². The number of hydrogen-bond acceptors (Lipinski definition) is 6. The van der Waals surface area contributed by atoms with E-state index in [-0.39, 0.29) is 23.6 Å². The molecule has 1 N–H and O–H groups in total. The molecule has 0 aromatic heterocycles. The highest BCUT2D eigenvalue weighted by atomic mass is 16.6. The van der Waals surface area contributed by atoms with Crippen molar-refractivity contribution in [2.24, 2.45) is 17.3 Å². The molecule has 4 aliphatic carbocycles. The fourth-order valence-electron chi connectivity index (χ4n) is 9.05. The molecule has 2 aromatic rings. The van der Waals surface area contributed by atoms with E-state index >= 15 is 0 Å². The first-order valence-corrected chi connectivity index (χ1v) is 12.3. The molecule has 7 aliphatic rings. The average Bonchev–Trinajstić information content (AvgIpc) is 3.38. The monoisotopic (exact) mass is 470 g/mol. The van der Waals surface area contributed by atoms with Crippen molar-refractivity contribution in [3.05, 3.63) is 65.7 Å². The number of carbonyl (C=O) groups is 2. The van der Waals surface area contributed by atoms with Crippen molar-refractivity contribution in [2.75, 3.05) is 25.6 Å². The molecule has 7 atom stereocenters. The largest absolute Gasteiger partial charge is 0.504 e. The fraction of sp³-hybridized carbons (Fsp3) is 0.429. The van der Waals surface area contributed by atoms with Gasteiger partial charge < -0.3 is 19.5 Å². The standard InChI is InChI=1S/C28H26N2O5/c1-29-13-12-27-19-15-8-9-17(31)22(19)35-25(27)28(34-2)11-10-26(27,18(29)14-15)20-21(28)24(33)30(23(20)32)16-6-4-3-5-7-16/h3-11,18,20-21,25,31H,12-14H2,1-2H3/t18?,20?,21?,25-,26?,27?,28?/m1/s1. The third-order valence-corrected chi connectivity index (χ3v) is 10.2. The minimum atomic E-state index is -1.11. The van der Waals surface area contributed by atoms with Crippen LogP contribution in [0.3, 0.4) is 0 Å². The Balaban J connectivity index is 1.46. The molecule has 6 unspecified atom stereocenters. The molecule has 178 valence electrons. The lowest BCUT2D eigenvalue weighted by Crippen LogP contribution is -2.82. The van der Waals surface area contributed by atoms with E-state index in [0.717, 1.165) is 30.5 Å². The van der Waals surface area contributed by atoms with Crippen molar-refractivity contribution in [2.45, 2.75) is 36.0 Å². The van der Waals surface area contributed by atoms with Gasteiger partial charge in [-0.05, 0) is 50.2 Å². The van der Waals surface area contributed by atoms with Crippen molar-refractivity contribution in [1.82, 2.24) is 4.90 Å². The van der Waals surface area contributed by atoms with Crippen LogP contribution in [0.4, 0.5) is 5.69 Å². The van der Waals surface area contributed by atoms with E-state index in [1.807, 2.05) is 42.5 Å². The maximum atomic E-state index is 14.4. The molecule has 1 saturated carbocycles. The van der Waals surface area contributed by atoms with Crippen molar-refractivity contribution in [1.29, 1.82) is 0 Å². The van der Waals surface area contributed by atoms with E-state index in [0.29, 0.717) is 11.4 Å². The second-order valence-corrected chi connectivity index (χ2v) is 11.0. The summed E-state index contributed by atoms with van der Waals surface area (Å²) in [6, 6.07) is 12.9. The molecule has 3 heterocycles. The summed E-state index contributed by atoms with van der Waals surface area (Å²) in [4.78, 5) is 32.3. The summed E-state index contributed by atoms with van der Waals surface area (Å²) < 4.78 is 13.0. The normalized spacial score (nSPS) is 41.7. The Labute approximate surface area is 202 Å². The van der Waals surface area contributed by atoms with Crippen LogP contribution in [-0.4, -0.2) is 60.3 Å². The number of phenolic OH excluding ortho intramolecular Hbond substituents is 1. The summed E-state index contributed by atoms with van der Waals surface area (Å²) in [7, 11) is 3.73. The van der Waals surface area contributed by atoms with Crippen molar-refractivity contribution >= 4 is 17.5 Å². The second kappa shape index (κ2) is 5.97. The summed E-state index contributed by atoms with van der Waals surface area (Å²) in [5.41, 5.74) is 0.467. The molecule has 35 heavy (non-hydrogen) atoms. The topological polar surface area (TPSA) is 79.3 Å². The smallest absolute Gasteiger partial charge is 0.241 e. The maximum Gasteiger partial charge on any atom is 0.241 e. The number of ether oxygens (including phenoxy) is 2. The van der Waals surface area contributed by atoms with E-state index in [1.54, 1.807) is 13.2 Å². The third kappa shape index (κ3) is 1.82. The quantitative estimate of drug-likeness (QED) is 0.537. The lowest BCUT2D eigenvalue weighted by Gasteiger charge is -2.71. The Bertz CT molecular complexity index is 1370. The highest BCUT2D eigenvalue weighted by Crippen LogP contribution is 2.77. The number of piperidine rings is 1. The summed E-state index contributed by atoms with van der Waals surface area (Å²) in [5.74, 6) is -1.05. The van der Waals surface area contributed by atoms with Gasteiger partial charge in [0.25, 0.3) is 0 Å². The molecule has 7 nitrogen and oxygen atoms in total. The first kappa shape index (κ1) is 20.1. The van der Waals surface area contributed by atoms with Crippen LogP contribution < -0.4 is 9.64 Å². The van der Waals surface area contributed by atoms with Gasteiger partial charge in [0, 0.05) is 24.1 Å². The number of aromatic hydroxyl groups is 1. The first-order chi connectivity index (χ1) is 16.9. The molecule has 7 heteroatoms. The number of likely N-dealkylation sites (N-methyl/N-ethyl adjacent to an activating group) is 1. The zero-order chi connectivity index (χ0) is 23.9. The van der Waals surface area contributed by atoms with Crippen LogP contribution in [0.1, 0.15) is 17.5 Å². The van der Waals surface area contributed by atoms with Gasteiger partial charge in [-0.25, -0.2) is 4.90 Å². The van der Waals surface area contributed by atoms with Crippen molar-refractivity contribution in [3.8, 4) is 11.5 Å². The molecule has 3 aliphatic heterocycles. The lowest BCUT2D eigenvalue weighted by atomic mass is 9.34. The molecular formula is C28H26N2O5. The molecule has 2 aromatic carbocycles. The molecule has 2 spiro atoms. The number of methoxy groups -OCH3 is 1. The Kier molecular flexibility index (Phi) is 3.42. The Hall–Kier alpha value is -3.16. The van der Waals surface area contributed by atoms with Gasteiger partial charge in [-0.1, -0.05) is 36.4 Å². The number of likely N-dealkylation sites (tertiary alicyclic amines) is 1. The Morgan fingerprint density at radius 1 is 1.06 bits per heavy atom. The predicted molar refractivity (Wildman–Crippen MR) is 126 cm³/mol. The molecule has 0 radical (unpaired) electrons. The minimum Gasteiger partial charge on any atom is -0.504 e. The Morgan fingerprint density at radius 3 is 2.60 bits per heavy atom. The summed E-state index contributed by atoms with van der Waals surface area (Å²) in [6.07, 6.45) is 5.20. The molecular weight excluding hydrogens is 444 g/mol. The lowest BCUT2D eigenvalue weighted by molar-refractivity contribution is -0.229. The van der Waals surface area contributed by atoms with Gasteiger partial charge >= 0.3 is 0 Å². The highest BCUT2D eigenvalue weighted by Gasteiger charge is 2.86. The predicted octanol–water partition coefficient (Wildman–Crippen LogP) is 2.41. The van der Waals surface area contributed by atoms with Crippen LogP contribution in [0.25, 0.3) is 0 Å². The van der Waals surface area contributed by atoms with Crippen LogP contribution >= 0.6 is 0 Å². The number of carbonyl (C=O) groups excluding carboxylic acids is 2. The molecule has 9 rings (SSSR count). The van der Waals surface area contributed by atoms with Crippen LogP contribution in [0.2, 0.25) is 0 Å². The number of imide groups is 1. The van der Waals surface area contributed by atoms with Crippen molar-refractivity contribution < 1.29 is 24.2 Å². The number of nitrogens with zero attached hydrogens (tertiary/aromatic N) is 2. The minimum absolute atomic E-state index is 0.0247. The molecule has 3 fully saturated rings. The van der Waals surface area contributed by atoms with E-state index < -0.39 is 34.4 Å². The molecule has 2 amide bonds. The number of phenols is 1. The highest BCUT2D eigenvalue weighted by molar-refractivity contribution is 6.23. The van der Waals surface area contributed by atoms with Crippen LogP contribution in [0.5, 0.6) is 11.5 Å². The van der Waals surface area contributed by atoms with Gasteiger partial charge in [0.1, 0.15) is 11.7 Å². The van der Waals surface area contributed by atoms with E-state index in [4.69, 9.17) is 9.47 Å². The van der Waals surface area contributed by atoms with Crippen molar-refractivity contribution in [3.63, 3.8) is 0 Å². The maximum absolute atomic E-state index is 14.4. The number of anilines is 1. The van der Waals surface area contributed by atoms with Gasteiger partial charge in [0.05, 0.1) is 22.9 Å². The number of rotatable bonds is 2. The summed E-state index contributed by atoms with van der Waals surface area (Å²) >= 11 is 0. The number of amides is 2. The average molecular weight is 471 g/mol. The SMILES string of the molecule is COC12C=CC3(C4C(=O)N(c5ccccc5)C(=O)C41)C1Cc4ccc(O)c5c4C3(CCN1C)[C@H]2O5. The summed E-state index contributed by atoms with van der Waals surface area (Å²) in [5, 5.41) is 10.9. The van der Waals surface area contributed by atoms with Gasteiger partial charge in [-0.3, -0.25) is 9.59 Å². The number of benzene rings is 2. The van der Waals surface area contributed by atoms with Crippen LogP contribution in [0.15, 0.2) is 54.6 Å². The zero-order valence-electron chi connectivity index (χ0n) is 19.6. The Morgan fingerprint density at radius 2 is 1.83 bits per heavy atom. The van der Waals surface area contributed by atoms with E-state index in [9.17, 15) is 14.7 Å². The molecule has 4 bridgehead atoms. The van der Waals surface area contributed by atoms with Gasteiger partial charge in [0.15, 0.2) is 11.5 Å². The first-order valence-electron chi connectivity index (χ1n) is 12.3. The summed E-state index contributed by atoms with van der Waals surface area (Å²) in [6.45, 7) is 0.844. The van der Waals surface area contributed by atoms with Crippen LogP contribution in [0, 0.1) is 17.3 Å². The second-order valence-electron chi connectivity index (χ2n) is 11.0. The van der Waals surface area contributed by atoms with Gasteiger partial charge in [-0.2, -0.15) is 0 Å². The van der Waals surface area contributed by atoms with E-state index in [1.165, 1.54) is 4.90 Å². The fourth-order valence-corrected chi connectivity index (χ4v) is 9.05. The van der Waals surface area contributed by atoms with Crippen LogP contribution in [-0.2, 0) is 26.2 Å². The molecule has 2 saturated heterocycles. The zero-order valence-corrected chi connectivity index (χ0v) is 19.6. The van der Waals surface area contributed by atoms with Gasteiger partial charge in [0.2, 0.25) is 11.8 Å². The number of para-hydroxylation sites is 1.